The van der Waals surface area contributed by atoms with Gasteiger partial charge in [-0.3, -0.25) is 0 Å². The smallest absolute Gasteiger partial charge is 0.347 e. The molecule has 0 spiro atoms. The Balaban J connectivity index is 2.18. The van der Waals surface area contributed by atoms with Gasteiger partial charge in [-0.15, -0.1) is 11.3 Å². The molecule has 0 amide bonds. The second-order valence-corrected chi connectivity index (χ2v) is 6.40. The lowest BCUT2D eigenvalue weighted by Crippen LogP contribution is -2.00. The number of aryl methyl sites for hydroxylation is 2. The van der Waals surface area contributed by atoms with Crippen molar-refractivity contribution >= 4 is 17.3 Å². The summed E-state index contributed by atoms with van der Waals surface area (Å²) in [5.41, 5.74) is 2.82. The zero-order valence-electron chi connectivity index (χ0n) is 12.6. The number of benzene rings is 1. The first-order chi connectivity index (χ1) is 9.88. The molecule has 0 bridgehead atoms. The number of thiazole rings is 1. The lowest BCUT2D eigenvalue weighted by Gasteiger charge is -2.14. The summed E-state index contributed by atoms with van der Waals surface area (Å²) in [6, 6.07) is 6.15. The topological polar surface area (TPSA) is 59.4 Å². The Labute approximate surface area is 128 Å². The zero-order chi connectivity index (χ0) is 15.6. The number of aromatic nitrogens is 1. The summed E-state index contributed by atoms with van der Waals surface area (Å²) >= 11 is 1.17. The molecule has 0 radical (unpaired) electrons. The molecule has 0 saturated heterocycles. The van der Waals surface area contributed by atoms with E-state index >= 15 is 0 Å². The third-order valence-corrected chi connectivity index (χ3v) is 4.30. The molecule has 4 nitrogen and oxygen atoms in total. The van der Waals surface area contributed by atoms with Gasteiger partial charge in [0.25, 0.3) is 0 Å². The molecule has 1 aromatic heterocycles. The number of carboxylic acids is 1. The van der Waals surface area contributed by atoms with Crippen LogP contribution in [0.4, 0.5) is 0 Å². The molecule has 0 aliphatic heterocycles. The van der Waals surface area contributed by atoms with E-state index in [1.165, 1.54) is 11.3 Å². The summed E-state index contributed by atoms with van der Waals surface area (Å²) < 4.78 is 5.87. The summed E-state index contributed by atoms with van der Waals surface area (Å²) in [5, 5.41) is 9.73. The molecule has 0 unspecified atom stereocenters. The molecule has 0 aliphatic rings. The minimum Gasteiger partial charge on any atom is -0.486 e. The van der Waals surface area contributed by atoms with Gasteiger partial charge < -0.3 is 9.84 Å². The standard InChI is InChI=1S/C16H19NO3S/c1-9(2)12-6-5-10(3)7-13(12)20-8-14-17-11(4)15(21-14)16(18)19/h5-7,9H,8H2,1-4H3,(H,18,19). The average molecular weight is 305 g/mol. The Morgan fingerprint density at radius 1 is 1.38 bits per heavy atom. The fraction of sp³-hybridized carbons (Fsp3) is 0.375. The maximum atomic E-state index is 11.0. The van der Waals surface area contributed by atoms with Gasteiger partial charge in [-0.05, 0) is 37.0 Å². The van der Waals surface area contributed by atoms with Gasteiger partial charge in [-0.25, -0.2) is 9.78 Å². The summed E-state index contributed by atoms with van der Waals surface area (Å²) in [6.45, 7) is 8.26. The molecular formula is C16H19NO3S. The lowest BCUT2D eigenvalue weighted by atomic mass is 10.0. The van der Waals surface area contributed by atoms with E-state index in [0.717, 1.165) is 16.9 Å². The van der Waals surface area contributed by atoms with Crippen molar-refractivity contribution in [3.8, 4) is 5.75 Å². The van der Waals surface area contributed by atoms with E-state index in [1.807, 2.05) is 13.0 Å². The van der Waals surface area contributed by atoms with Crippen LogP contribution in [0.3, 0.4) is 0 Å². The number of hydrogen-bond acceptors (Lipinski definition) is 4. The molecule has 2 rings (SSSR count). The van der Waals surface area contributed by atoms with Crippen LogP contribution in [0.15, 0.2) is 18.2 Å². The number of nitrogens with zero attached hydrogens (tertiary/aromatic N) is 1. The quantitative estimate of drug-likeness (QED) is 0.901. The summed E-state index contributed by atoms with van der Waals surface area (Å²) in [4.78, 5) is 15.6. The molecule has 2 aromatic rings. The number of ether oxygens (including phenoxy) is 1. The first-order valence-corrected chi connectivity index (χ1v) is 7.63. The molecule has 1 aromatic carbocycles. The lowest BCUT2D eigenvalue weighted by molar-refractivity contribution is 0.0701. The Hall–Kier alpha value is -1.88. The van der Waals surface area contributed by atoms with Gasteiger partial charge in [0.05, 0.1) is 5.69 Å². The fourth-order valence-corrected chi connectivity index (χ4v) is 2.91. The molecule has 112 valence electrons. The molecule has 1 heterocycles. The molecule has 0 saturated carbocycles. The number of carboxylic acid groups (broad SMARTS) is 1. The Morgan fingerprint density at radius 3 is 2.67 bits per heavy atom. The first-order valence-electron chi connectivity index (χ1n) is 6.81. The molecular weight excluding hydrogens is 286 g/mol. The highest BCUT2D eigenvalue weighted by molar-refractivity contribution is 7.13. The van der Waals surface area contributed by atoms with Crippen LogP contribution in [-0.4, -0.2) is 16.1 Å². The predicted octanol–water partition coefficient (Wildman–Crippen LogP) is 4.16. The van der Waals surface area contributed by atoms with Gasteiger partial charge in [0.1, 0.15) is 22.2 Å². The molecule has 0 atom stereocenters. The van der Waals surface area contributed by atoms with Crippen molar-refractivity contribution in [3.63, 3.8) is 0 Å². The van der Waals surface area contributed by atoms with Crippen LogP contribution in [0.5, 0.6) is 5.75 Å². The normalized spacial score (nSPS) is 10.9. The van der Waals surface area contributed by atoms with E-state index in [9.17, 15) is 4.79 Å². The number of carbonyl (C=O) groups is 1. The minimum atomic E-state index is -0.935. The van der Waals surface area contributed by atoms with Crippen molar-refractivity contribution < 1.29 is 14.6 Å². The van der Waals surface area contributed by atoms with E-state index in [-0.39, 0.29) is 4.88 Å². The van der Waals surface area contributed by atoms with Crippen LogP contribution < -0.4 is 4.74 Å². The first kappa shape index (κ1) is 15.5. The number of hydrogen-bond donors (Lipinski definition) is 1. The van der Waals surface area contributed by atoms with E-state index in [2.05, 4.69) is 31.0 Å². The highest BCUT2D eigenvalue weighted by Crippen LogP contribution is 2.29. The predicted molar refractivity (Wildman–Crippen MR) is 83.4 cm³/mol. The van der Waals surface area contributed by atoms with Gasteiger partial charge in [-0.1, -0.05) is 26.0 Å². The van der Waals surface area contributed by atoms with Crippen molar-refractivity contribution in [2.45, 2.75) is 40.2 Å². The maximum Gasteiger partial charge on any atom is 0.347 e. The van der Waals surface area contributed by atoms with Crippen LogP contribution >= 0.6 is 11.3 Å². The van der Waals surface area contributed by atoms with E-state index in [0.29, 0.717) is 23.2 Å². The Kier molecular flexibility index (Phi) is 4.63. The van der Waals surface area contributed by atoms with Crippen molar-refractivity contribution in [2.24, 2.45) is 0 Å². The van der Waals surface area contributed by atoms with E-state index in [4.69, 9.17) is 9.84 Å². The second kappa shape index (κ2) is 6.26. The summed E-state index contributed by atoms with van der Waals surface area (Å²) in [7, 11) is 0. The van der Waals surface area contributed by atoms with Crippen molar-refractivity contribution in [2.75, 3.05) is 0 Å². The van der Waals surface area contributed by atoms with E-state index < -0.39 is 5.97 Å². The van der Waals surface area contributed by atoms with Crippen molar-refractivity contribution in [1.29, 1.82) is 0 Å². The summed E-state index contributed by atoms with van der Waals surface area (Å²) in [6.07, 6.45) is 0. The average Bonchev–Trinajstić information content (AvgIpc) is 2.77. The molecule has 0 fully saturated rings. The van der Waals surface area contributed by atoms with Crippen LogP contribution in [0, 0.1) is 13.8 Å². The van der Waals surface area contributed by atoms with Crippen LogP contribution in [0.1, 0.15) is 51.3 Å². The zero-order valence-corrected chi connectivity index (χ0v) is 13.5. The van der Waals surface area contributed by atoms with Gasteiger partial charge >= 0.3 is 5.97 Å². The number of aromatic carboxylic acids is 1. The second-order valence-electron chi connectivity index (χ2n) is 5.31. The third kappa shape index (κ3) is 3.61. The summed E-state index contributed by atoms with van der Waals surface area (Å²) in [5.74, 6) is 0.276. The highest BCUT2D eigenvalue weighted by Gasteiger charge is 2.15. The third-order valence-electron chi connectivity index (χ3n) is 3.18. The highest BCUT2D eigenvalue weighted by atomic mass is 32.1. The van der Waals surface area contributed by atoms with E-state index in [1.54, 1.807) is 6.92 Å². The molecule has 5 heteroatoms. The molecule has 21 heavy (non-hydrogen) atoms. The van der Waals surface area contributed by atoms with Crippen molar-refractivity contribution in [3.05, 3.63) is 44.9 Å². The van der Waals surface area contributed by atoms with Crippen LogP contribution in [0.2, 0.25) is 0 Å². The van der Waals surface area contributed by atoms with Gasteiger partial charge in [0.15, 0.2) is 0 Å². The van der Waals surface area contributed by atoms with Gasteiger partial charge in [0, 0.05) is 0 Å². The monoisotopic (exact) mass is 305 g/mol. The van der Waals surface area contributed by atoms with Gasteiger partial charge in [-0.2, -0.15) is 0 Å². The van der Waals surface area contributed by atoms with Crippen molar-refractivity contribution in [1.82, 2.24) is 4.98 Å². The SMILES string of the molecule is Cc1ccc(C(C)C)c(OCc2nc(C)c(C(=O)O)s2)c1. The Bertz CT molecular complexity index is 662. The van der Waals surface area contributed by atoms with Crippen LogP contribution in [-0.2, 0) is 6.61 Å². The molecule has 0 aliphatic carbocycles. The number of rotatable bonds is 5. The maximum absolute atomic E-state index is 11.0. The van der Waals surface area contributed by atoms with Crippen LogP contribution in [0.25, 0.3) is 0 Å². The fourth-order valence-electron chi connectivity index (χ4n) is 2.10. The largest absolute Gasteiger partial charge is 0.486 e. The van der Waals surface area contributed by atoms with Gasteiger partial charge in [0.2, 0.25) is 0 Å². The molecule has 1 N–H and O–H groups in total. The minimum absolute atomic E-state index is 0.280. The Morgan fingerprint density at radius 2 is 2.10 bits per heavy atom.